The number of fused-ring (bicyclic) bond motifs is 2. The van der Waals surface area contributed by atoms with Gasteiger partial charge in [-0.2, -0.15) is 0 Å². The Kier molecular flexibility index (Phi) is 4.67. The summed E-state index contributed by atoms with van der Waals surface area (Å²) in [5.41, 5.74) is 3.82. The van der Waals surface area contributed by atoms with E-state index in [0.29, 0.717) is 6.61 Å². The molecule has 3 heteroatoms. The molecule has 0 amide bonds. The summed E-state index contributed by atoms with van der Waals surface area (Å²) in [7, 11) is 1.76. The van der Waals surface area contributed by atoms with Crippen LogP contribution in [0.4, 0.5) is 0 Å². The highest BCUT2D eigenvalue weighted by Gasteiger charge is 2.41. The second-order valence-corrected chi connectivity index (χ2v) is 6.76. The van der Waals surface area contributed by atoms with Gasteiger partial charge in [0.25, 0.3) is 0 Å². The molecule has 0 aliphatic carbocycles. The summed E-state index contributed by atoms with van der Waals surface area (Å²) in [5.74, 6) is 0.212. The highest BCUT2D eigenvalue weighted by Crippen LogP contribution is 2.39. The van der Waals surface area contributed by atoms with E-state index in [-0.39, 0.29) is 24.1 Å². The number of nitrogens with zero attached hydrogens (tertiary/aromatic N) is 1. The van der Waals surface area contributed by atoms with Crippen LogP contribution in [0.15, 0.2) is 36.4 Å². The third-order valence-electron chi connectivity index (χ3n) is 5.36. The van der Waals surface area contributed by atoms with Gasteiger partial charge in [0.15, 0.2) is 0 Å². The highest BCUT2D eigenvalue weighted by atomic mass is 16.5. The minimum atomic E-state index is -0.340. The topological polar surface area (TPSA) is 32.7 Å². The van der Waals surface area contributed by atoms with Crippen LogP contribution in [0.2, 0.25) is 0 Å². The fourth-order valence-corrected chi connectivity index (χ4v) is 4.25. The zero-order valence-electron chi connectivity index (χ0n) is 13.7. The maximum atomic E-state index is 11.0. The monoisotopic (exact) mass is 301 g/mol. The van der Waals surface area contributed by atoms with Gasteiger partial charge in [-0.1, -0.05) is 36.4 Å². The Hall–Kier alpha value is -1.16. The van der Waals surface area contributed by atoms with Crippen LogP contribution in [0.25, 0.3) is 0 Å². The maximum absolute atomic E-state index is 11.0. The van der Waals surface area contributed by atoms with Gasteiger partial charge < -0.3 is 9.84 Å². The Bertz CT molecular complexity index is 542. The van der Waals surface area contributed by atoms with Gasteiger partial charge in [-0.3, -0.25) is 4.90 Å². The summed E-state index contributed by atoms with van der Waals surface area (Å²) in [6.45, 7) is 7.85. The fourth-order valence-electron chi connectivity index (χ4n) is 4.25. The number of aliphatic hydroxyl groups excluding tert-OH is 1. The normalized spacial score (nSPS) is 32.0. The van der Waals surface area contributed by atoms with E-state index in [4.69, 9.17) is 4.74 Å². The minimum Gasteiger partial charge on any atom is -0.391 e. The van der Waals surface area contributed by atoms with Crippen LogP contribution >= 0.6 is 0 Å². The Morgan fingerprint density at radius 1 is 1.41 bits per heavy atom. The molecule has 0 radical (unpaired) electrons. The van der Waals surface area contributed by atoms with Crippen molar-refractivity contribution in [3.8, 4) is 0 Å². The zero-order valence-corrected chi connectivity index (χ0v) is 13.7. The molecule has 1 N–H and O–H groups in total. The first-order chi connectivity index (χ1) is 10.6. The lowest BCUT2D eigenvalue weighted by Gasteiger charge is -2.44. The summed E-state index contributed by atoms with van der Waals surface area (Å²) in [5, 5.41) is 11.0. The lowest BCUT2D eigenvalue weighted by atomic mass is 9.81. The van der Waals surface area contributed by atoms with Crippen molar-refractivity contribution in [3.63, 3.8) is 0 Å². The fraction of sp³-hybridized carbons (Fsp3) is 0.579. The van der Waals surface area contributed by atoms with Crippen molar-refractivity contribution in [2.24, 2.45) is 5.92 Å². The van der Waals surface area contributed by atoms with Crippen molar-refractivity contribution >= 4 is 0 Å². The van der Waals surface area contributed by atoms with Crippen molar-refractivity contribution < 1.29 is 9.84 Å². The van der Waals surface area contributed by atoms with E-state index in [1.54, 1.807) is 7.11 Å². The van der Waals surface area contributed by atoms with Crippen molar-refractivity contribution in [2.45, 2.75) is 44.4 Å². The van der Waals surface area contributed by atoms with Gasteiger partial charge in [0.2, 0.25) is 0 Å². The first kappa shape index (κ1) is 15.7. The first-order valence-corrected chi connectivity index (χ1v) is 8.29. The van der Waals surface area contributed by atoms with Gasteiger partial charge in [0.1, 0.15) is 0 Å². The Balaban J connectivity index is 1.98. The molecule has 2 aliphatic heterocycles. The standard InChI is InChI=1S/C19H27NO2/c1-13(2)15-9-6-10-20-17(19(15)21)11-14-7-4-5-8-16(14)18(20)12-22-3/h4-5,7-8,15,17-19,21H,1,6,9-12H2,2-3H3/t15-,17+,18-,19-/m1/s1. The van der Waals surface area contributed by atoms with Crippen LogP contribution in [0, 0.1) is 5.92 Å². The predicted molar refractivity (Wildman–Crippen MR) is 88.8 cm³/mol. The number of benzene rings is 1. The van der Waals surface area contributed by atoms with Crippen molar-refractivity contribution in [1.82, 2.24) is 4.90 Å². The molecule has 0 unspecified atom stereocenters. The van der Waals surface area contributed by atoms with Gasteiger partial charge in [-0.25, -0.2) is 0 Å². The number of aliphatic hydroxyl groups is 1. The van der Waals surface area contributed by atoms with Gasteiger partial charge in [0, 0.05) is 19.1 Å². The first-order valence-electron chi connectivity index (χ1n) is 8.29. The van der Waals surface area contributed by atoms with Crippen LogP contribution in [-0.4, -0.2) is 42.4 Å². The summed E-state index contributed by atoms with van der Waals surface area (Å²) >= 11 is 0. The summed E-state index contributed by atoms with van der Waals surface area (Å²) in [6.07, 6.45) is 2.71. The second kappa shape index (κ2) is 6.53. The molecule has 2 heterocycles. The Morgan fingerprint density at radius 3 is 2.91 bits per heavy atom. The molecule has 0 saturated carbocycles. The van der Waals surface area contributed by atoms with Gasteiger partial charge in [-0.15, -0.1) is 0 Å². The van der Waals surface area contributed by atoms with Crippen LogP contribution in [0.3, 0.4) is 0 Å². The van der Waals surface area contributed by atoms with Gasteiger partial charge in [0.05, 0.1) is 18.8 Å². The molecule has 0 spiro atoms. The predicted octanol–water partition coefficient (Wildman–Crippen LogP) is 2.95. The van der Waals surface area contributed by atoms with Crippen LogP contribution < -0.4 is 0 Å². The summed E-state index contributed by atoms with van der Waals surface area (Å²) in [4.78, 5) is 2.47. The molecule has 1 fully saturated rings. The SMILES string of the molecule is C=C(C)[C@H]1CCCN2[C@H](COC)c3ccccc3C[C@H]2[C@@H]1O. The average Bonchev–Trinajstić information content (AvgIpc) is 2.67. The molecule has 3 rings (SSSR count). The largest absolute Gasteiger partial charge is 0.391 e. The van der Waals surface area contributed by atoms with Crippen molar-refractivity contribution in [3.05, 3.63) is 47.5 Å². The molecule has 0 bridgehead atoms. The number of hydrogen-bond donors (Lipinski definition) is 1. The molecule has 1 aromatic rings. The number of methoxy groups -OCH3 is 1. The number of ether oxygens (including phenoxy) is 1. The second-order valence-electron chi connectivity index (χ2n) is 6.76. The van der Waals surface area contributed by atoms with E-state index >= 15 is 0 Å². The quantitative estimate of drug-likeness (QED) is 0.871. The minimum absolute atomic E-state index is 0.166. The smallest absolute Gasteiger partial charge is 0.0763 e. The average molecular weight is 301 g/mol. The molecular weight excluding hydrogens is 274 g/mol. The summed E-state index contributed by atoms with van der Waals surface area (Å²) in [6, 6.07) is 9.02. The molecule has 1 aromatic carbocycles. The number of rotatable bonds is 3. The van der Waals surface area contributed by atoms with E-state index in [0.717, 1.165) is 31.4 Å². The molecule has 2 aliphatic rings. The van der Waals surface area contributed by atoms with Crippen LogP contribution in [-0.2, 0) is 11.2 Å². The van der Waals surface area contributed by atoms with Crippen molar-refractivity contribution in [1.29, 1.82) is 0 Å². The molecule has 1 saturated heterocycles. The van der Waals surface area contributed by atoms with Crippen LogP contribution in [0.5, 0.6) is 0 Å². The van der Waals surface area contributed by atoms with Gasteiger partial charge in [-0.05, 0) is 43.9 Å². The molecule has 120 valence electrons. The third kappa shape index (κ3) is 2.73. The van der Waals surface area contributed by atoms with E-state index in [2.05, 4.69) is 35.7 Å². The van der Waals surface area contributed by atoms with Crippen molar-refractivity contribution in [2.75, 3.05) is 20.3 Å². The summed E-state index contributed by atoms with van der Waals surface area (Å²) < 4.78 is 5.50. The lowest BCUT2D eigenvalue weighted by Crippen LogP contribution is -2.51. The van der Waals surface area contributed by atoms with E-state index in [1.165, 1.54) is 11.1 Å². The molecule has 3 nitrogen and oxygen atoms in total. The van der Waals surface area contributed by atoms with E-state index in [1.807, 2.05) is 6.92 Å². The van der Waals surface area contributed by atoms with E-state index in [9.17, 15) is 5.11 Å². The Labute approximate surface area is 133 Å². The van der Waals surface area contributed by atoms with E-state index < -0.39 is 0 Å². The number of hydrogen-bond acceptors (Lipinski definition) is 3. The third-order valence-corrected chi connectivity index (χ3v) is 5.36. The Morgan fingerprint density at radius 2 is 2.18 bits per heavy atom. The van der Waals surface area contributed by atoms with Gasteiger partial charge >= 0.3 is 0 Å². The molecular formula is C19H27NO2. The van der Waals surface area contributed by atoms with Crippen LogP contribution in [0.1, 0.15) is 36.9 Å². The molecule has 4 atom stereocenters. The molecule has 0 aromatic heterocycles. The maximum Gasteiger partial charge on any atom is 0.0763 e. The lowest BCUT2D eigenvalue weighted by molar-refractivity contribution is -0.0132. The zero-order chi connectivity index (χ0) is 15.7. The molecule has 22 heavy (non-hydrogen) atoms. The highest BCUT2D eigenvalue weighted by molar-refractivity contribution is 5.34.